The second kappa shape index (κ2) is 12.3. The molecule has 39 heavy (non-hydrogen) atoms. The van der Waals surface area contributed by atoms with Crippen molar-refractivity contribution in [2.24, 2.45) is 5.92 Å². The molecule has 9 nitrogen and oxygen atoms in total. The summed E-state index contributed by atoms with van der Waals surface area (Å²) in [6, 6.07) is 13.0. The van der Waals surface area contributed by atoms with E-state index in [0.29, 0.717) is 36.9 Å². The molecule has 2 aromatic carbocycles. The standard InChI is InChI=1S/C30H40N2O7/c1-6-13-31(18-26(33)39-30(2,3)4)14-15-32-17-23(21-9-12-24-25(16-21)38-19-37-24)27(29(34)35)28(32)20-7-10-22(36-5)11-8-20/h7-12,16,23,27-28H,6,13-15,17-19H2,1-5H3,(H,34,35)/t23?,27-,28+/m0/s1. The monoisotopic (exact) mass is 540 g/mol. The molecular weight excluding hydrogens is 500 g/mol. The van der Waals surface area contributed by atoms with Crippen LogP contribution in [0, 0.1) is 5.92 Å². The molecule has 0 amide bonds. The number of aliphatic carboxylic acids is 1. The number of esters is 1. The van der Waals surface area contributed by atoms with Crippen molar-refractivity contribution in [3.05, 3.63) is 53.6 Å². The Morgan fingerprint density at radius 2 is 1.74 bits per heavy atom. The Hall–Kier alpha value is -3.30. The topological polar surface area (TPSA) is 97.8 Å². The summed E-state index contributed by atoms with van der Waals surface area (Å²) in [7, 11) is 1.61. The number of nitrogens with zero attached hydrogens (tertiary/aromatic N) is 2. The van der Waals surface area contributed by atoms with E-state index in [4.69, 9.17) is 18.9 Å². The Morgan fingerprint density at radius 3 is 2.38 bits per heavy atom. The average molecular weight is 541 g/mol. The van der Waals surface area contributed by atoms with Gasteiger partial charge in [0.25, 0.3) is 0 Å². The van der Waals surface area contributed by atoms with E-state index in [0.717, 1.165) is 24.1 Å². The number of carboxylic acids is 1. The highest BCUT2D eigenvalue weighted by atomic mass is 16.7. The molecule has 4 rings (SSSR count). The molecule has 1 fully saturated rings. The number of fused-ring (bicyclic) bond motifs is 1. The van der Waals surface area contributed by atoms with Gasteiger partial charge in [0.15, 0.2) is 11.5 Å². The summed E-state index contributed by atoms with van der Waals surface area (Å²) in [6.45, 7) is 10.5. The van der Waals surface area contributed by atoms with Gasteiger partial charge in [-0.25, -0.2) is 0 Å². The lowest BCUT2D eigenvalue weighted by molar-refractivity contribution is -0.156. The zero-order chi connectivity index (χ0) is 28.2. The molecule has 2 aromatic rings. The molecule has 9 heteroatoms. The molecule has 2 aliphatic rings. The van der Waals surface area contributed by atoms with Crippen LogP contribution in [-0.2, 0) is 14.3 Å². The lowest BCUT2D eigenvalue weighted by atomic mass is 9.82. The molecule has 2 aliphatic heterocycles. The van der Waals surface area contributed by atoms with Crippen molar-refractivity contribution < 1.29 is 33.6 Å². The van der Waals surface area contributed by atoms with Crippen molar-refractivity contribution in [3.8, 4) is 17.2 Å². The number of benzene rings is 2. The smallest absolute Gasteiger partial charge is 0.320 e. The van der Waals surface area contributed by atoms with E-state index < -0.39 is 17.5 Å². The predicted molar refractivity (Wildman–Crippen MR) is 146 cm³/mol. The molecule has 0 spiro atoms. The minimum Gasteiger partial charge on any atom is -0.497 e. The number of ether oxygens (including phenoxy) is 4. The molecule has 0 saturated carbocycles. The fourth-order valence-electron chi connectivity index (χ4n) is 5.55. The minimum absolute atomic E-state index is 0.164. The van der Waals surface area contributed by atoms with Gasteiger partial charge in [-0.15, -0.1) is 0 Å². The van der Waals surface area contributed by atoms with Crippen molar-refractivity contribution in [1.29, 1.82) is 0 Å². The second-order valence-electron chi connectivity index (χ2n) is 11.2. The first-order valence-corrected chi connectivity index (χ1v) is 13.5. The summed E-state index contributed by atoms with van der Waals surface area (Å²) in [5.74, 6) is -0.00853. The second-order valence-corrected chi connectivity index (χ2v) is 11.2. The fraction of sp³-hybridized carbons (Fsp3) is 0.533. The van der Waals surface area contributed by atoms with E-state index in [9.17, 15) is 14.7 Å². The largest absolute Gasteiger partial charge is 0.497 e. The summed E-state index contributed by atoms with van der Waals surface area (Å²) in [5.41, 5.74) is 1.28. The molecular formula is C30H40N2O7. The molecule has 1 unspecified atom stereocenters. The molecule has 3 atom stereocenters. The van der Waals surface area contributed by atoms with Gasteiger partial charge < -0.3 is 24.1 Å². The third-order valence-electron chi connectivity index (χ3n) is 7.18. The number of hydrogen-bond donors (Lipinski definition) is 1. The Balaban J connectivity index is 1.60. The highest BCUT2D eigenvalue weighted by Gasteiger charge is 2.47. The van der Waals surface area contributed by atoms with E-state index in [2.05, 4.69) is 16.7 Å². The van der Waals surface area contributed by atoms with Gasteiger partial charge in [0, 0.05) is 31.6 Å². The summed E-state index contributed by atoms with van der Waals surface area (Å²) >= 11 is 0. The lowest BCUT2D eigenvalue weighted by Crippen LogP contribution is -2.40. The maximum atomic E-state index is 12.8. The number of methoxy groups -OCH3 is 1. The Bertz CT molecular complexity index is 1140. The molecule has 0 aliphatic carbocycles. The van der Waals surface area contributed by atoms with Crippen LogP contribution in [0.15, 0.2) is 42.5 Å². The zero-order valence-corrected chi connectivity index (χ0v) is 23.5. The van der Waals surface area contributed by atoms with Crippen molar-refractivity contribution in [2.45, 2.75) is 51.7 Å². The van der Waals surface area contributed by atoms with Crippen molar-refractivity contribution in [1.82, 2.24) is 9.80 Å². The Kier molecular flexibility index (Phi) is 9.02. The maximum absolute atomic E-state index is 12.8. The van der Waals surface area contributed by atoms with E-state index in [-0.39, 0.29) is 31.3 Å². The summed E-state index contributed by atoms with van der Waals surface area (Å²) in [5, 5.41) is 10.5. The minimum atomic E-state index is -0.847. The molecule has 0 radical (unpaired) electrons. The average Bonchev–Trinajstić information content (AvgIpc) is 3.50. The quantitative estimate of drug-likeness (QED) is 0.418. The van der Waals surface area contributed by atoms with E-state index in [1.54, 1.807) is 7.11 Å². The van der Waals surface area contributed by atoms with Crippen LogP contribution >= 0.6 is 0 Å². The highest BCUT2D eigenvalue weighted by molar-refractivity contribution is 5.74. The van der Waals surface area contributed by atoms with Crippen LogP contribution in [0.4, 0.5) is 0 Å². The van der Waals surface area contributed by atoms with Crippen LogP contribution in [0.2, 0.25) is 0 Å². The number of rotatable bonds is 11. The molecule has 0 aromatic heterocycles. The first-order chi connectivity index (χ1) is 18.6. The van der Waals surface area contributed by atoms with Gasteiger partial charge in [0.2, 0.25) is 6.79 Å². The summed E-state index contributed by atoms with van der Waals surface area (Å²) in [6.07, 6.45) is 0.891. The van der Waals surface area contributed by atoms with Crippen LogP contribution in [0.3, 0.4) is 0 Å². The Morgan fingerprint density at radius 1 is 1.05 bits per heavy atom. The summed E-state index contributed by atoms with van der Waals surface area (Å²) < 4.78 is 21.9. The van der Waals surface area contributed by atoms with Crippen LogP contribution in [0.5, 0.6) is 17.2 Å². The third kappa shape index (κ3) is 7.02. The molecule has 1 N–H and O–H groups in total. The van der Waals surface area contributed by atoms with Gasteiger partial charge in [0.1, 0.15) is 11.4 Å². The van der Waals surface area contributed by atoms with Crippen molar-refractivity contribution in [3.63, 3.8) is 0 Å². The Labute approximate surface area is 230 Å². The first kappa shape index (κ1) is 28.7. The number of likely N-dealkylation sites (tertiary alicyclic amines) is 1. The lowest BCUT2D eigenvalue weighted by Gasteiger charge is -2.30. The van der Waals surface area contributed by atoms with Crippen molar-refractivity contribution >= 4 is 11.9 Å². The van der Waals surface area contributed by atoms with Gasteiger partial charge in [-0.1, -0.05) is 25.1 Å². The van der Waals surface area contributed by atoms with E-state index >= 15 is 0 Å². The zero-order valence-electron chi connectivity index (χ0n) is 23.5. The SMILES string of the molecule is CCCN(CCN1CC(c2ccc3c(c2)OCO3)[C@H](C(=O)O)[C@H]1c1ccc(OC)cc1)CC(=O)OC(C)(C)C. The van der Waals surface area contributed by atoms with Crippen LogP contribution < -0.4 is 14.2 Å². The van der Waals surface area contributed by atoms with Crippen LogP contribution in [-0.4, -0.2) is 79.1 Å². The number of carbonyl (C=O) groups excluding carboxylic acids is 1. The molecule has 1 saturated heterocycles. The molecule has 0 bridgehead atoms. The normalized spacial score (nSPS) is 20.8. The predicted octanol–water partition coefficient (Wildman–Crippen LogP) is 4.32. The van der Waals surface area contributed by atoms with E-state index in [1.807, 2.05) is 63.2 Å². The van der Waals surface area contributed by atoms with Gasteiger partial charge in [0.05, 0.1) is 19.6 Å². The van der Waals surface area contributed by atoms with E-state index in [1.165, 1.54) is 0 Å². The van der Waals surface area contributed by atoms with Crippen molar-refractivity contribution in [2.75, 3.05) is 46.6 Å². The third-order valence-corrected chi connectivity index (χ3v) is 7.18. The van der Waals surface area contributed by atoms with Gasteiger partial charge >= 0.3 is 11.9 Å². The number of hydrogen-bond acceptors (Lipinski definition) is 8. The highest BCUT2D eigenvalue weighted by Crippen LogP contribution is 2.47. The van der Waals surface area contributed by atoms with Gasteiger partial charge in [-0.2, -0.15) is 0 Å². The summed E-state index contributed by atoms with van der Waals surface area (Å²) in [4.78, 5) is 29.7. The van der Waals surface area contributed by atoms with Crippen LogP contribution in [0.1, 0.15) is 57.2 Å². The molecule has 212 valence electrons. The number of carboxylic acid groups (broad SMARTS) is 1. The maximum Gasteiger partial charge on any atom is 0.320 e. The molecule has 2 heterocycles. The fourth-order valence-corrected chi connectivity index (χ4v) is 5.55. The van der Waals surface area contributed by atoms with Gasteiger partial charge in [-0.3, -0.25) is 19.4 Å². The number of carbonyl (C=O) groups is 2. The van der Waals surface area contributed by atoms with Crippen LogP contribution in [0.25, 0.3) is 0 Å². The van der Waals surface area contributed by atoms with Gasteiger partial charge in [-0.05, 0) is 69.1 Å². The first-order valence-electron chi connectivity index (χ1n) is 13.5.